The number of hydrogen-bond acceptors (Lipinski definition) is 4. The van der Waals surface area contributed by atoms with E-state index in [0.29, 0.717) is 6.42 Å². The van der Waals surface area contributed by atoms with Crippen molar-refractivity contribution in [1.82, 2.24) is 5.32 Å². The first kappa shape index (κ1) is 16.3. The minimum Gasteiger partial charge on any atom is -0.352 e. The van der Waals surface area contributed by atoms with Gasteiger partial charge in [0.1, 0.15) is 5.82 Å². The second kappa shape index (κ2) is 6.79. The summed E-state index contributed by atoms with van der Waals surface area (Å²) in [7, 11) is -2.98. The molecule has 4 nitrogen and oxygen atoms in total. The van der Waals surface area contributed by atoms with Crippen LogP contribution in [0.1, 0.15) is 24.2 Å². The van der Waals surface area contributed by atoms with Crippen LogP contribution in [0.4, 0.5) is 4.39 Å². The highest BCUT2D eigenvalue weighted by molar-refractivity contribution is 8.00. The average molecular weight is 331 g/mol. The summed E-state index contributed by atoms with van der Waals surface area (Å²) in [5.41, 5.74) is 0.956. The van der Waals surface area contributed by atoms with E-state index in [-0.39, 0.29) is 40.3 Å². The monoisotopic (exact) mass is 331 g/mol. The average Bonchev–Trinajstić information content (AvgIpc) is 2.76. The van der Waals surface area contributed by atoms with Crippen LogP contribution >= 0.6 is 11.8 Å². The number of carbonyl (C=O) groups excluding carboxylic acids is 1. The fourth-order valence-corrected chi connectivity index (χ4v) is 4.72. The molecule has 1 aromatic rings. The molecule has 1 fully saturated rings. The first-order chi connectivity index (χ1) is 9.85. The lowest BCUT2D eigenvalue weighted by Crippen LogP contribution is -2.36. The third-order valence-corrected chi connectivity index (χ3v) is 6.37. The minimum atomic E-state index is -2.98. The molecule has 0 aliphatic carbocycles. The number of carbonyl (C=O) groups is 1. The van der Waals surface area contributed by atoms with Gasteiger partial charge in [-0.1, -0.05) is 12.1 Å². The van der Waals surface area contributed by atoms with Crippen LogP contribution in [-0.2, 0) is 14.6 Å². The van der Waals surface area contributed by atoms with Crippen molar-refractivity contribution < 1.29 is 17.6 Å². The number of benzene rings is 1. The Labute approximate surface area is 128 Å². The summed E-state index contributed by atoms with van der Waals surface area (Å²) in [5.74, 6) is 0.00972. The molecule has 0 saturated carbocycles. The number of halogens is 1. The maximum Gasteiger partial charge on any atom is 0.230 e. The molecule has 2 atom stereocenters. The van der Waals surface area contributed by atoms with Gasteiger partial charge in [0.15, 0.2) is 9.84 Å². The lowest BCUT2D eigenvalue weighted by molar-refractivity contribution is -0.119. The minimum absolute atomic E-state index is 0.0386. The second-order valence-electron chi connectivity index (χ2n) is 5.17. The van der Waals surface area contributed by atoms with Gasteiger partial charge in [-0.25, -0.2) is 12.8 Å². The summed E-state index contributed by atoms with van der Waals surface area (Å²) < 4.78 is 35.5. The van der Waals surface area contributed by atoms with Gasteiger partial charge in [0.2, 0.25) is 5.91 Å². The van der Waals surface area contributed by atoms with E-state index in [4.69, 9.17) is 0 Å². The van der Waals surface area contributed by atoms with Gasteiger partial charge in [-0.05, 0) is 31.0 Å². The van der Waals surface area contributed by atoms with Gasteiger partial charge in [-0.15, -0.1) is 11.8 Å². The van der Waals surface area contributed by atoms with E-state index < -0.39 is 9.84 Å². The molecule has 0 radical (unpaired) electrons. The van der Waals surface area contributed by atoms with Crippen molar-refractivity contribution in [2.45, 2.75) is 24.6 Å². The predicted octanol–water partition coefficient (Wildman–Crippen LogP) is 1.92. The summed E-state index contributed by atoms with van der Waals surface area (Å²) in [6.07, 6.45) is 0.492. The molecule has 21 heavy (non-hydrogen) atoms. The Morgan fingerprint density at radius 2 is 2.10 bits per heavy atom. The van der Waals surface area contributed by atoms with Crippen molar-refractivity contribution in [2.75, 3.05) is 17.3 Å². The van der Waals surface area contributed by atoms with Gasteiger partial charge in [-0.3, -0.25) is 4.79 Å². The summed E-state index contributed by atoms with van der Waals surface area (Å²) >= 11 is 1.44. The molecule has 0 aromatic heterocycles. The van der Waals surface area contributed by atoms with Gasteiger partial charge in [0.25, 0.3) is 0 Å². The quantitative estimate of drug-likeness (QED) is 0.895. The Morgan fingerprint density at radius 1 is 1.43 bits per heavy atom. The molecule has 0 bridgehead atoms. The van der Waals surface area contributed by atoms with Gasteiger partial charge < -0.3 is 5.32 Å². The molecule has 7 heteroatoms. The molecule has 1 aliphatic heterocycles. The highest BCUT2D eigenvalue weighted by atomic mass is 32.2. The molecule has 0 spiro atoms. The van der Waals surface area contributed by atoms with Crippen LogP contribution in [0.3, 0.4) is 0 Å². The van der Waals surface area contributed by atoms with Crippen molar-refractivity contribution in [1.29, 1.82) is 0 Å². The van der Waals surface area contributed by atoms with E-state index in [0.717, 1.165) is 5.56 Å². The predicted molar refractivity (Wildman–Crippen MR) is 82.5 cm³/mol. The maximum atomic E-state index is 12.8. The van der Waals surface area contributed by atoms with E-state index in [9.17, 15) is 17.6 Å². The van der Waals surface area contributed by atoms with Gasteiger partial charge in [0, 0.05) is 11.3 Å². The summed E-state index contributed by atoms with van der Waals surface area (Å²) in [6.45, 7) is 1.95. The van der Waals surface area contributed by atoms with E-state index in [2.05, 4.69) is 5.32 Å². The van der Waals surface area contributed by atoms with Crippen molar-refractivity contribution in [3.05, 3.63) is 35.6 Å². The van der Waals surface area contributed by atoms with Crippen LogP contribution in [0.5, 0.6) is 0 Å². The first-order valence-electron chi connectivity index (χ1n) is 6.72. The smallest absolute Gasteiger partial charge is 0.230 e. The Kier molecular flexibility index (Phi) is 5.27. The van der Waals surface area contributed by atoms with Crippen LogP contribution in [0, 0.1) is 5.82 Å². The molecule has 1 aliphatic rings. The zero-order valence-electron chi connectivity index (χ0n) is 11.7. The Morgan fingerprint density at radius 3 is 2.67 bits per heavy atom. The first-order valence-corrected chi connectivity index (χ1v) is 9.59. The molecule has 1 N–H and O–H groups in total. The highest BCUT2D eigenvalue weighted by Crippen LogP contribution is 2.27. The number of nitrogens with one attached hydrogen (secondary N) is 1. The Balaban J connectivity index is 1.77. The van der Waals surface area contributed by atoms with Gasteiger partial charge in [0.05, 0.1) is 17.3 Å². The number of hydrogen-bond donors (Lipinski definition) is 1. The molecule has 116 valence electrons. The number of thioether (sulfide) groups is 1. The molecule has 0 unspecified atom stereocenters. The molecule has 1 saturated heterocycles. The fourth-order valence-electron chi connectivity index (χ4n) is 2.21. The van der Waals surface area contributed by atoms with Gasteiger partial charge in [-0.2, -0.15) is 0 Å². The van der Waals surface area contributed by atoms with Crippen molar-refractivity contribution in [3.63, 3.8) is 0 Å². The van der Waals surface area contributed by atoms with E-state index >= 15 is 0 Å². The number of rotatable bonds is 5. The van der Waals surface area contributed by atoms with Crippen LogP contribution in [0.15, 0.2) is 24.3 Å². The Hall–Kier alpha value is -1.08. The topological polar surface area (TPSA) is 63.2 Å². The largest absolute Gasteiger partial charge is 0.352 e. The fraction of sp³-hybridized carbons (Fsp3) is 0.500. The van der Waals surface area contributed by atoms with Crippen LogP contribution in [0.25, 0.3) is 0 Å². The lowest BCUT2D eigenvalue weighted by atomic mass is 10.2. The molecular formula is C14H18FNO3S2. The highest BCUT2D eigenvalue weighted by Gasteiger charge is 2.28. The van der Waals surface area contributed by atoms with Crippen molar-refractivity contribution >= 4 is 27.5 Å². The summed E-state index contributed by atoms with van der Waals surface area (Å²) in [6, 6.07) is 5.94. The molecule has 1 heterocycles. The van der Waals surface area contributed by atoms with Crippen LogP contribution in [0.2, 0.25) is 0 Å². The third-order valence-electron chi connectivity index (χ3n) is 3.40. The summed E-state index contributed by atoms with van der Waals surface area (Å²) in [5, 5.41) is 2.82. The van der Waals surface area contributed by atoms with Crippen molar-refractivity contribution in [2.24, 2.45) is 0 Å². The molecule has 1 aromatic carbocycles. The third kappa shape index (κ3) is 5.00. The standard InChI is InChI=1S/C14H18FNO3S2/c1-10(11-2-4-12(15)5-3-11)20-8-14(17)16-13-6-7-21(18,19)9-13/h2-5,10,13H,6-9H2,1H3,(H,16,17)/t10-,13+/m1/s1. The molecule has 1 amide bonds. The van der Waals surface area contributed by atoms with E-state index in [1.807, 2.05) is 6.92 Å². The van der Waals surface area contributed by atoms with Crippen LogP contribution < -0.4 is 5.32 Å². The summed E-state index contributed by atoms with van der Waals surface area (Å²) in [4.78, 5) is 11.8. The zero-order chi connectivity index (χ0) is 15.5. The second-order valence-corrected chi connectivity index (χ2v) is 8.73. The van der Waals surface area contributed by atoms with Crippen molar-refractivity contribution in [3.8, 4) is 0 Å². The van der Waals surface area contributed by atoms with E-state index in [1.165, 1.54) is 23.9 Å². The Bertz CT molecular complexity index is 601. The lowest BCUT2D eigenvalue weighted by Gasteiger charge is -2.14. The normalized spacial score (nSPS) is 21.9. The van der Waals surface area contributed by atoms with Crippen LogP contribution in [-0.4, -0.2) is 37.6 Å². The molecular weight excluding hydrogens is 313 g/mol. The zero-order valence-corrected chi connectivity index (χ0v) is 13.3. The SMILES string of the molecule is C[C@@H](SCC(=O)N[C@H]1CCS(=O)(=O)C1)c1ccc(F)cc1. The van der Waals surface area contributed by atoms with E-state index in [1.54, 1.807) is 12.1 Å². The number of sulfone groups is 1. The number of amides is 1. The van der Waals surface area contributed by atoms with Gasteiger partial charge >= 0.3 is 0 Å². The molecule has 2 rings (SSSR count). The maximum absolute atomic E-state index is 12.8.